The minimum Gasteiger partial charge on any atom is -0.457 e. The molecule has 0 unspecified atom stereocenters. The highest BCUT2D eigenvalue weighted by Gasteiger charge is 2.30. The van der Waals surface area contributed by atoms with Crippen molar-refractivity contribution >= 4 is 27.3 Å². The molecule has 1 aromatic heterocycles. The lowest BCUT2D eigenvalue weighted by molar-refractivity contribution is -0.120. The summed E-state index contributed by atoms with van der Waals surface area (Å²) in [5, 5.41) is 3.11. The molecule has 2 aromatic carbocycles. The zero-order valence-corrected chi connectivity index (χ0v) is 18.4. The molecule has 6 nitrogen and oxygen atoms in total. The summed E-state index contributed by atoms with van der Waals surface area (Å²) in [6, 6.07) is 18.3. The third-order valence-electron chi connectivity index (χ3n) is 5.62. The van der Waals surface area contributed by atoms with Crippen molar-refractivity contribution in [3.05, 3.63) is 76.7 Å². The number of ether oxygens (including phenoxy) is 1. The Morgan fingerprint density at radius 2 is 1.58 bits per heavy atom. The number of hydrogen-bond donors (Lipinski definition) is 1. The van der Waals surface area contributed by atoms with E-state index in [-0.39, 0.29) is 18.4 Å². The number of fused-ring (bicyclic) bond motifs is 2. The second-order valence-corrected chi connectivity index (χ2v) is 11.0. The van der Waals surface area contributed by atoms with Gasteiger partial charge in [0, 0.05) is 29.1 Å². The van der Waals surface area contributed by atoms with Crippen LogP contribution >= 0.6 is 11.3 Å². The van der Waals surface area contributed by atoms with Crippen molar-refractivity contribution in [1.82, 2.24) is 9.62 Å². The number of nitrogens with zero attached hydrogens (tertiary/aromatic N) is 1. The van der Waals surface area contributed by atoms with E-state index < -0.39 is 10.0 Å². The van der Waals surface area contributed by atoms with Crippen LogP contribution in [0.1, 0.15) is 34.9 Å². The molecule has 8 heteroatoms. The molecule has 3 heterocycles. The average molecular weight is 455 g/mol. The lowest BCUT2D eigenvalue weighted by atomic mass is 9.94. The first-order valence-corrected chi connectivity index (χ1v) is 12.5. The van der Waals surface area contributed by atoms with E-state index in [1.807, 2.05) is 48.5 Å². The monoisotopic (exact) mass is 454 g/mol. The lowest BCUT2D eigenvalue weighted by Gasteiger charge is -2.28. The first-order chi connectivity index (χ1) is 15.0. The fourth-order valence-corrected chi connectivity index (χ4v) is 7.11. The summed E-state index contributed by atoms with van der Waals surface area (Å²) in [5.74, 6) is 1.28. The molecule has 1 amide bonds. The highest BCUT2D eigenvalue weighted by molar-refractivity contribution is 7.91. The fourth-order valence-electron chi connectivity index (χ4n) is 4.08. The van der Waals surface area contributed by atoms with Crippen molar-refractivity contribution in [3.8, 4) is 11.5 Å². The Morgan fingerprint density at radius 3 is 2.23 bits per heavy atom. The topological polar surface area (TPSA) is 75.7 Å². The molecule has 5 rings (SSSR count). The minimum atomic E-state index is -3.46. The fraction of sp³-hybridized carbons (Fsp3) is 0.261. The second kappa shape index (κ2) is 8.11. The number of hydrogen-bond acceptors (Lipinski definition) is 5. The Balaban J connectivity index is 1.35. The van der Waals surface area contributed by atoms with Gasteiger partial charge in [0.15, 0.2) is 0 Å². The number of sulfonamides is 1. The van der Waals surface area contributed by atoms with Crippen LogP contribution in [0.5, 0.6) is 11.5 Å². The zero-order valence-electron chi connectivity index (χ0n) is 16.8. The summed E-state index contributed by atoms with van der Waals surface area (Å²) in [4.78, 5) is 13.6. The zero-order chi connectivity index (χ0) is 21.4. The van der Waals surface area contributed by atoms with Crippen molar-refractivity contribution in [3.63, 3.8) is 0 Å². The molecule has 3 aromatic rings. The number of thiophene rings is 1. The molecule has 1 N–H and O–H groups in total. The summed E-state index contributed by atoms with van der Waals surface area (Å²) in [6.45, 7) is 1.14. The van der Waals surface area contributed by atoms with Gasteiger partial charge in [-0.3, -0.25) is 4.79 Å². The molecular weight excluding hydrogens is 432 g/mol. The van der Waals surface area contributed by atoms with Crippen molar-refractivity contribution < 1.29 is 17.9 Å². The Bertz CT molecular complexity index is 1180. The SMILES string of the molecule is O=C(Cc1ccc(S(=O)(=O)N2CCCC2)s1)NC1c2ccccc2Oc2ccccc21. The van der Waals surface area contributed by atoms with Crippen LogP contribution in [0.3, 0.4) is 0 Å². The summed E-state index contributed by atoms with van der Waals surface area (Å²) >= 11 is 1.17. The van der Waals surface area contributed by atoms with Gasteiger partial charge in [0.05, 0.1) is 12.5 Å². The Morgan fingerprint density at radius 1 is 0.968 bits per heavy atom. The van der Waals surface area contributed by atoms with E-state index in [0.29, 0.717) is 17.3 Å². The van der Waals surface area contributed by atoms with Crippen molar-refractivity contribution in [2.75, 3.05) is 13.1 Å². The molecule has 0 radical (unpaired) electrons. The molecule has 160 valence electrons. The van der Waals surface area contributed by atoms with Crippen LogP contribution in [0.25, 0.3) is 0 Å². The predicted molar refractivity (Wildman–Crippen MR) is 119 cm³/mol. The van der Waals surface area contributed by atoms with E-state index in [4.69, 9.17) is 4.74 Å². The molecule has 0 aliphatic carbocycles. The van der Waals surface area contributed by atoms with Crippen LogP contribution in [-0.4, -0.2) is 31.7 Å². The van der Waals surface area contributed by atoms with Gasteiger partial charge in [-0.15, -0.1) is 11.3 Å². The number of amides is 1. The molecule has 31 heavy (non-hydrogen) atoms. The number of nitrogens with one attached hydrogen (secondary N) is 1. The average Bonchev–Trinajstić information content (AvgIpc) is 3.46. The maximum absolute atomic E-state index is 12.9. The van der Waals surface area contributed by atoms with E-state index in [9.17, 15) is 13.2 Å². The highest BCUT2D eigenvalue weighted by Crippen LogP contribution is 2.42. The molecule has 0 atom stereocenters. The van der Waals surface area contributed by atoms with Gasteiger partial charge in [0.25, 0.3) is 10.0 Å². The van der Waals surface area contributed by atoms with Crippen LogP contribution in [0.2, 0.25) is 0 Å². The van der Waals surface area contributed by atoms with E-state index in [2.05, 4.69) is 5.32 Å². The maximum atomic E-state index is 12.9. The predicted octanol–water partition coefficient (Wildman–Crippen LogP) is 4.09. The van der Waals surface area contributed by atoms with Crippen molar-refractivity contribution in [2.24, 2.45) is 0 Å². The molecule has 1 fully saturated rings. The first-order valence-electron chi connectivity index (χ1n) is 10.3. The summed E-state index contributed by atoms with van der Waals surface area (Å²) in [6.07, 6.45) is 1.92. The van der Waals surface area contributed by atoms with Crippen LogP contribution in [-0.2, 0) is 21.2 Å². The van der Waals surface area contributed by atoms with Crippen LogP contribution in [0.4, 0.5) is 0 Å². The molecule has 0 spiro atoms. The molecule has 2 aliphatic heterocycles. The van der Waals surface area contributed by atoms with E-state index in [0.717, 1.165) is 40.3 Å². The standard InChI is InChI=1S/C23H22N2O4S2/c26-21(15-16-11-12-22(30-16)31(27,28)25-13-5-6-14-25)24-23-17-7-1-3-9-19(17)29-20-10-4-2-8-18(20)23/h1-4,7-12,23H,5-6,13-15H2,(H,24,26). The normalized spacial score (nSPS) is 16.4. The third-order valence-corrected chi connectivity index (χ3v) is 9.07. The largest absolute Gasteiger partial charge is 0.457 e. The van der Waals surface area contributed by atoms with E-state index >= 15 is 0 Å². The summed E-state index contributed by atoms with van der Waals surface area (Å²) < 4.78 is 33.3. The maximum Gasteiger partial charge on any atom is 0.252 e. The first kappa shape index (κ1) is 20.2. The Kier molecular flexibility index (Phi) is 5.29. The second-order valence-electron chi connectivity index (χ2n) is 7.69. The Hall–Kier alpha value is -2.68. The number of para-hydroxylation sites is 2. The summed E-state index contributed by atoms with van der Waals surface area (Å²) in [5.41, 5.74) is 1.80. The van der Waals surface area contributed by atoms with Crippen LogP contribution in [0, 0.1) is 0 Å². The van der Waals surface area contributed by atoms with Crippen molar-refractivity contribution in [2.45, 2.75) is 29.5 Å². The number of rotatable bonds is 5. The minimum absolute atomic E-state index is 0.127. The highest BCUT2D eigenvalue weighted by atomic mass is 32.2. The van der Waals surface area contributed by atoms with Gasteiger partial charge in [-0.2, -0.15) is 4.31 Å². The van der Waals surface area contributed by atoms with Crippen LogP contribution in [0.15, 0.2) is 64.9 Å². The van der Waals surface area contributed by atoms with Gasteiger partial charge in [0.2, 0.25) is 5.91 Å². The smallest absolute Gasteiger partial charge is 0.252 e. The summed E-state index contributed by atoms with van der Waals surface area (Å²) in [7, 11) is -3.46. The molecule has 1 saturated heterocycles. The van der Waals surface area contributed by atoms with E-state index in [1.165, 1.54) is 15.6 Å². The quantitative estimate of drug-likeness (QED) is 0.630. The number of carbonyl (C=O) groups is 1. The van der Waals surface area contributed by atoms with Gasteiger partial charge in [-0.25, -0.2) is 8.42 Å². The molecular formula is C23H22N2O4S2. The Labute approximate surface area is 185 Å². The van der Waals surface area contributed by atoms with Gasteiger partial charge in [-0.1, -0.05) is 36.4 Å². The van der Waals surface area contributed by atoms with E-state index in [1.54, 1.807) is 12.1 Å². The molecule has 0 bridgehead atoms. The van der Waals surface area contributed by atoms with Gasteiger partial charge < -0.3 is 10.1 Å². The third kappa shape index (κ3) is 3.86. The lowest BCUT2D eigenvalue weighted by Crippen LogP contribution is -2.32. The van der Waals surface area contributed by atoms with Gasteiger partial charge in [-0.05, 0) is 37.1 Å². The molecule has 2 aliphatic rings. The van der Waals surface area contributed by atoms with Gasteiger partial charge >= 0.3 is 0 Å². The number of carbonyl (C=O) groups excluding carboxylic acids is 1. The number of benzene rings is 2. The molecule has 0 saturated carbocycles. The van der Waals surface area contributed by atoms with Crippen molar-refractivity contribution in [1.29, 1.82) is 0 Å². The van der Waals surface area contributed by atoms with Gasteiger partial charge in [0.1, 0.15) is 15.7 Å². The van der Waals surface area contributed by atoms with Crippen LogP contribution < -0.4 is 10.1 Å².